The third-order valence-corrected chi connectivity index (χ3v) is 4.68. The van der Waals surface area contributed by atoms with Gasteiger partial charge in [0, 0.05) is 11.6 Å². The maximum Gasteiger partial charge on any atom is 0.0300 e. The highest BCUT2D eigenvalue weighted by molar-refractivity contribution is 7.07. The summed E-state index contributed by atoms with van der Waals surface area (Å²) in [6.07, 6.45) is 3.56. The Morgan fingerprint density at radius 1 is 1.39 bits per heavy atom. The van der Waals surface area contributed by atoms with Crippen LogP contribution in [-0.4, -0.2) is 37.1 Å². The minimum absolute atomic E-state index is 0.186. The van der Waals surface area contributed by atoms with E-state index in [2.05, 4.69) is 61.9 Å². The van der Waals surface area contributed by atoms with Crippen molar-refractivity contribution in [1.82, 2.24) is 10.2 Å². The Labute approximate surface area is 116 Å². The molecule has 0 saturated carbocycles. The van der Waals surface area contributed by atoms with Crippen molar-refractivity contribution in [2.24, 2.45) is 0 Å². The van der Waals surface area contributed by atoms with Crippen molar-refractivity contribution >= 4 is 11.3 Å². The largest absolute Gasteiger partial charge is 0.312 e. The summed E-state index contributed by atoms with van der Waals surface area (Å²) in [7, 11) is 4.34. The molecule has 1 unspecified atom stereocenters. The van der Waals surface area contributed by atoms with Gasteiger partial charge >= 0.3 is 0 Å². The van der Waals surface area contributed by atoms with Crippen LogP contribution in [0.1, 0.15) is 39.2 Å². The summed E-state index contributed by atoms with van der Waals surface area (Å²) >= 11 is 1.79. The first-order chi connectivity index (χ1) is 8.48. The molecule has 1 N–H and O–H groups in total. The number of thiophene rings is 1. The average Bonchev–Trinajstić information content (AvgIpc) is 2.81. The van der Waals surface area contributed by atoms with E-state index in [1.807, 2.05) is 0 Å². The lowest BCUT2D eigenvalue weighted by molar-refractivity contribution is 0.132. The summed E-state index contributed by atoms with van der Waals surface area (Å²) in [5, 5.41) is 8.15. The number of nitrogens with zero attached hydrogens (tertiary/aromatic N) is 1. The molecule has 1 atom stereocenters. The summed E-state index contributed by atoms with van der Waals surface area (Å²) in [4.78, 5) is 2.33. The lowest BCUT2D eigenvalue weighted by atomic mass is 9.88. The van der Waals surface area contributed by atoms with E-state index in [1.165, 1.54) is 24.8 Å². The number of hydrogen-bond donors (Lipinski definition) is 1. The van der Waals surface area contributed by atoms with Crippen LogP contribution in [0.15, 0.2) is 16.8 Å². The van der Waals surface area contributed by atoms with Gasteiger partial charge in [0.25, 0.3) is 0 Å². The highest BCUT2D eigenvalue weighted by Crippen LogP contribution is 2.21. The molecule has 0 saturated heterocycles. The van der Waals surface area contributed by atoms with Crippen molar-refractivity contribution in [3.05, 3.63) is 22.4 Å². The maximum atomic E-state index is 3.72. The number of nitrogens with one attached hydrogen (secondary N) is 1. The second kappa shape index (κ2) is 7.27. The predicted octanol–water partition coefficient (Wildman–Crippen LogP) is 3.39. The molecule has 1 rings (SSSR count). The summed E-state index contributed by atoms with van der Waals surface area (Å²) < 4.78 is 0. The fourth-order valence-corrected chi connectivity index (χ4v) is 2.78. The lowest BCUT2D eigenvalue weighted by Crippen LogP contribution is -2.55. The van der Waals surface area contributed by atoms with Gasteiger partial charge in [-0.3, -0.25) is 0 Å². The molecular weight excluding hydrogens is 240 g/mol. The van der Waals surface area contributed by atoms with Crippen LogP contribution >= 0.6 is 11.3 Å². The maximum absolute atomic E-state index is 3.72. The average molecular weight is 268 g/mol. The van der Waals surface area contributed by atoms with Crippen molar-refractivity contribution in [1.29, 1.82) is 0 Å². The van der Waals surface area contributed by atoms with Gasteiger partial charge in [0.05, 0.1) is 0 Å². The van der Waals surface area contributed by atoms with E-state index < -0.39 is 0 Å². The molecule has 0 aliphatic carbocycles. The number of aryl methyl sites for hydroxylation is 1. The van der Waals surface area contributed by atoms with Crippen molar-refractivity contribution in [2.45, 2.75) is 51.6 Å². The topological polar surface area (TPSA) is 15.3 Å². The van der Waals surface area contributed by atoms with E-state index in [0.717, 1.165) is 6.54 Å². The molecule has 0 aromatic carbocycles. The van der Waals surface area contributed by atoms with Gasteiger partial charge < -0.3 is 10.2 Å². The molecule has 2 nitrogen and oxygen atoms in total. The fourth-order valence-electron chi connectivity index (χ4n) is 2.08. The van der Waals surface area contributed by atoms with Crippen molar-refractivity contribution in [2.75, 3.05) is 20.6 Å². The molecule has 0 radical (unpaired) electrons. The molecule has 0 aliphatic heterocycles. The first-order valence-corrected chi connectivity index (χ1v) is 7.84. The summed E-state index contributed by atoms with van der Waals surface area (Å²) in [6.45, 7) is 7.99. The molecule has 1 aromatic heterocycles. The van der Waals surface area contributed by atoms with Gasteiger partial charge in [-0.25, -0.2) is 0 Å². The van der Waals surface area contributed by atoms with Crippen LogP contribution < -0.4 is 5.32 Å². The lowest BCUT2D eigenvalue weighted by Gasteiger charge is -2.41. The van der Waals surface area contributed by atoms with E-state index in [0.29, 0.717) is 6.04 Å². The zero-order valence-corrected chi connectivity index (χ0v) is 13.3. The van der Waals surface area contributed by atoms with Gasteiger partial charge in [-0.05, 0) is 76.1 Å². The highest BCUT2D eigenvalue weighted by Gasteiger charge is 2.30. The monoisotopic (exact) mass is 268 g/mol. The number of hydrogen-bond acceptors (Lipinski definition) is 3. The van der Waals surface area contributed by atoms with Crippen LogP contribution in [0.4, 0.5) is 0 Å². The highest BCUT2D eigenvalue weighted by atomic mass is 32.1. The summed E-state index contributed by atoms with van der Waals surface area (Å²) in [6, 6.07) is 2.77. The molecule has 0 bridgehead atoms. The van der Waals surface area contributed by atoms with Crippen LogP contribution in [-0.2, 0) is 6.42 Å². The molecule has 1 aromatic rings. The zero-order chi connectivity index (χ0) is 13.6. The van der Waals surface area contributed by atoms with Crippen LogP contribution in [0.5, 0.6) is 0 Å². The number of likely N-dealkylation sites (N-methyl/N-ethyl adjacent to an activating group) is 1. The van der Waals surface area contributed by atoms with E-state index in [9.17, 15) is 0 Å². The second-order valence-corrected chi connectivity index (χ2v) is 6.51. The zero-order valence-electron chi connectivity index (χ0n) is 12.5. The summed E-state index contributed by atoms with van der Waals surface area (Å²) in [5.74, 6) is 0. The predicted molar refractivity (Wildman–Crippen MR) is 82.5 cm³/mol. The SMILES string of the molecule is CCCNC(CCc1ccsc1)C(C)(C)N(C)C. The third-order valence-electron chi connectivity index (χ3n) is 3.95. The smallest absolute Gasteiger partial charge is 0.0300 e. The molecule has 0 fully saturated rings. The van der Waals surface area contributed by atoms with Crippen molar-refractivity contribution < 1.29 is 0 Å². The standard InChI is InChI=1S/C15H28N2S/c1-6-10-16-14(15(2,3)17(4)5)8-7-13-9-11-18-12-13/h9,11-12,14,16H,6-8,10H2,1-5H3. The Bertz CT molecular complexity index is 317. The molecule has 18 heavy (non-hydrogen) atoms. The van der Waals surface area contributed by atoms with Crippen LogP contribution in [0.2, 0.25) is 0 Å². The fraction of sp³-hybridized carbons (Fsp3) is 0.733. The molecule has 0 aliphatic rings. The van der Waals surface area contributed by atoms with Crippen molar-refractivity contribution in [3.63, 3.8) is 0 Å². The molecule has 0 spiro atoms. The first-order valence-electron chi connectivity index (χ1n) is 6.90. The Morgan fingerprint density at radius 2 is 2.11 bits per heavy atom. The van der Waals surface area contributed by atoms with Gasteiger partial charge in [-0.1, -0.05) is 6.92 Å². The van der Waals surface area contributed by atoms with E-state index in [1.54, 1.807) is 11.3 Å². The van der Waals surface area contributed by atoms with Gasteiger partial charge in [0.2, 0.25) is 0 Å². The Hall–Kier alpha value is -0.380. The Kier molecular flexibility index (Phi) is 6.33. The van der Waals surface area contributed by atoms with E-state index in [-0.39, 0.29) is 5.54 Å². The molecule has 0 amide bonds. The molecule has 3 heteroatoms. The van der Waals surface area contributed by atoms with Crippen LogP contribution in [0.3, 0.4) is 0 Å². The van der Waals surface area contributed by atoms with E-state index in [4.69, 9.17) is 0 Å². The van der Waals surface area contributed by atoms with Gasteiger partial charge in [-0.15, -0.1) is 0 Å². The summed E-state index contributed by atoms with van der Waals surface area (Å²) in [5.41, 5.74) is 1.66. The minimum Gasteiger partial charge on any atom is -0.312 e. The van der Waals surface area contributed by atoms with Crippen molar-refractivity contribution in [3.8, 4) is 0 Å². The first kappa shape index (κ1) is 15.7. The van der Waals surface area contributed by atoms with Crippen LogP contribution in [0, 0.1) is 0 Å². The molecular formula is C15H28N2S. The van der Waals surface area contributed by atoms with E-state index >= 15 is 0 Å². The van der Waals surface area contributed by atoms with Crippen LogP contribution in [0.25, 0.3) is 0 Å². The molecule has 1 heterocycles. The van der Waals surface area contributed by atoms with Gasteiger partial charge in [-0.2, -0.15) is 11.3 Å². The second-order valence-electron chi connectivity index (χ2n) is 5.73. The Morgan fingerprint density at radius 3 is 2.61 bits per heavy atom. The molecule has 104 valence electrons. The number of rotatable bonds is 8. The van der Waals surface area contributed by atoms with Gasteiger partial charge in [0.1, 0.15) is 0 Å². The third kappa shape index (κ3) is 4.38. The Balaban J connectivity index is 2.60. The van der Waals surface area contributed by atoms with Gasteiger partial charge in [0.15, 0.2) is 0 Å². The quantitative estimate of drug-likeness (QED) is 0.777. The normalized spacial score (nSPS) is 14.1. The minimum atomic E-state index is 0.186.